The molecule has 0 aromatic heterocycles. The van der Waals surface area contributed by atoms with E-state index >= 15 is 0 Å². The zero-order valence-electron chi connectivity index (χ0n) is 17.5. The number of anilines is 1. The van der Waals surface area contributed by atoms with E-state index in [0.29, 0.717) is 18.7 Å². The topological polar surface area (TPSA) is 75.6 Å². The Morgan fingerprint density at radius 3 is 2.45 bits per heavy atom. The van der Waals surface area contributed by atoms with Crippen LogP contribution in [0.15, 0.2) is 48.5 Å². The fourth-order valence-electron chi connectivity index (χ4n) is 2.82. The molecule has 0 aliphatic carbocycles. The highest BCUT2D eigenvalue weighted by atomic mass is 16.5. The van der Waals surface area contributed by atoms with Gasteiger partial charge in [0, 0.05) is 17.2 Å². The van der Waals surface area contributed by atoms with Crippen LogP contribution in [-0.4, -0.2) is 23.6 Å². The molecule has 0 spiro atoms. The summed E-state index contributed by atoms with van der Waals surface area (Å²) in [5, 5.41) is 11.6. The largest absolute Gasteiger partial charge is 0.493 e. The number of carboxylic acids is 1. The quantitative estimate of drug-likeness (QED) is 0.450. The van der Waals surface area contributed by atoms with Crippen molar-refractivity contribution in [2.24, 2.45) is 5.41 Å². The van der Waals surface area contributed by atoms with Gasteiger partial charge in [0.25, 0.3) is 0 Å². The van der Waals surface area contributed by atoms with Crippen molar-refractivity contribution in [2.75, 3.05) is 11.9 Å². The number of aryl methyl sites for hydroxylation is 2. The Hall–Kier alpha value is -3.08. The number of rotatable bonds is 9. The maximum atomic E-state index is 12.7. The molecular weight excluding hydrogens is 366 g/mol. The van der Waals surface area contributed by atoms with E-state index in [0.717, 1.165) is 34.9 Å². The maximum Gasteiger partial charge on any atom is 0.328 e. The number of carbonyl (C=O) groups excluding carboxylic acids is 1. The Kier molecular flexibility index (Phi) is 7.59. The summed E-state index contributed by atoms with van der Waals surface area (Å²) in [6, 6.07) is 13.2. The average molecular weight is 395 g/mol. The fourth-order valence-corrected chi connectivity index (χ4v) is 2.82. The molecule has 5 heteroatoms. The minimum absolute atomic E-state index is 0.0573. The zero-order chi connectivity index (χ0) is 21.4. The van der Waals surface area contributed by atoms with Gasteiger partial charge in [-0.05, 0) is 67.7 Å². The van der Waals surface area contributed by atoms with Crippen LogP contribution in [0.25, 0.3) is 6.08 Å². The summed E-state index contributed by atoms with van der Waals surface area (Å²) in [6.07, 6.45) is 4.06. The van der Waals surface area contributed by atoms with E-state index in [2.05, 4.69) is 11.4 Å². The lowest BCUT2D eigenvalue weighted by molar-refractivity contribution is -0.131. The maximum absolute atomic E-state index is 12.7. The van der Waals surface area contributed by atoms with Gasteiger partial charge in [-0.1, -0.05) is 38.1 Å². The SMILES string of the molecule is Cc1ccc(C)c(OCCCC(C)(C)C(=O)Nc2ccc(/C=C/C(=O)O)cc2)c1. The molecule has 0 fully saturated rings. The molecule has 0 unspecified atom stereocenters. The van der Waals surface area contributed by atoms with Crippen molar-refractivity contribution >= 4 is 23.6 Å². The first-order chi connectivity index (χ1) is 13.7. The molecule has 154 valence electrons. The minimum Gasteiger partial charge on any atom is -0.493 e. The molecule has 0 bridgehead atoms. The molecule has 0 saturated carbocycles. The highest BCUT2D eigenvalue weighted by Crippen LogP contribution is 2.26. The molecule has 0 aliphatic rings. The van der Waals surface area contributed by atoms with Crippen LogP contribution < -0.4 is 10.1 Å². The Morgan fingerprint density at radius 2 is 1.79 bits per heavy atom. The second kappa shape index (κ2) is 9.92. The molecule has 2 aromatic rings. The van der Waals surface area contributed by atoms with Crippen molar-refractivity contribution in [1.82, 2.24) is 0 Å². The third-order valence-electron chi connectivity index (χ3n) is 4.75. The Labute approximate surface area is 172 Å². The molecular formula is C24H29NO4. The molecule has 2 aromatic carbocycles. The van der Waals surface area contributed by atoms with Crippen LogP contribution in [0, 0.1) is 19.3 Å². The van der Waals surface area contributed by atoms with Crippen LogP contribution in [0.2, 0.25) is 0 Å². The van der Waals surface area contributed by atoms with E-state index in [-0.39, 0.29) is 5.91 Å². The lowest BCUT2D eigenvalue weighted by Crippen LogP contribution is -2.31. The van der Waals surface area contributed by atoms with E-state index in [1.54, 1.807) is 24.3 Å². The predicted octanol–water partition coefficient (Wildman–Crippen LogP) is 5.23. The molecule has 2 N–H and O–H groups in total. The molecule has 0 saturated heterocycles. The summed E-state index contributed by atoms with van der Waals surface area (Å²) in [6.45, 7) is 8.46. The number of nitrogens with one attached hydrogen (secondary N) is 1. The third kappa shape index (κ3) is 7.11. The summed E-state index contributed by atoms with van der Waals surface area (Å²) in [5.41, 5.74) is 3.17. The first-order valence-corrected chi connectivity index (χ1v) is 9.70. The Balaban J connectivity index is 1.84. The van der Waals surface area contributed by atoms with Crippen molar-refractivity contribution in [3.63, 3.8) is 0 Å². The van der Waals surface area contributed by atoms with Crippen LogP contribution >= 0.6 is 0 Å². The zero-order valence-corrected chi connectivity index (χ0v) is 17.5. The number of ether oxygens (including phenoxy) is 1. The van der Waals surface area contributed by atoms with Crippen LogP contribution in [0.5, 0.6) is 5.75 Å². The van der Waals surface area contributed by atoms with Gasteiger partial charge in [-0.3, -0.25) is 4.79 Å². The molecule has 0 heterocycles. The summed E-state index contributed by atoms with van der Waals surface area (Å²) in [5.74, 6) is -0.159. The Morgan fingerprint density at radius 1 is 1.10 bits per heavy atom. The van der Waals surface area contributed by atoms with E-state index in [1.807, 2.05) is 39.8 Å². The summed E-state index contributed by atoms with van der Waals surface area (Å²) in [4.78, 5) is 23.2. The van der Waals surface area contributed by atoms with Gasteiger partial charge < -0.3 is 15.2 Å². The van der Waals surface area contributed by atoms with Gasteiger partial charge >= 0.3 is 5.97 Å². The third-order valence-corrected chi connectivity index (χ3v) is 4.75. The smallest absolute Gasteiger partial charge is 0.328 e. The van der Waals surface area contributed by atoms with Crippen molar-refractivity contribution in [3.8, 4) is 5.75 Å². The second-order valence-corrected chi connectivity index (χ2v) is 7.85. The van der Waals surface area contributed by atoms with E-state index in [9.17, 15) is 9.59 Å². The summed E-state index contributed by atoms with van der Waals surface area (Å²) < 4.78 is 5.88. The number of carboxylic acid groups (broad SMARTS) is 1. The lowest BCUT2D eigenvalue weighted by Gasteiger charge is -2.23. The summed E-state index contributed by atoms with van der Waals surface area (Å²) in [7, 11) is 0. The van der Waals surface area contributed by atoms with Crippen molar-refractivity contribution < 1.29 is 19.4 Å². The average Bonchev–Trinajstić information content (AvgIpc) is 2.67. The fraction of sp³-hybridized carbons (Fsp3) is 0.333. The highest BCUT2D eigenvalue weighted by molar-refractivity contribution is 5.95. The van der Waals surface area contributed by atoms with E-state index in [4.69, 9.17) is 9.84 Å². The summed E-state index contributed by atoms with van der Waals surface area (Å²) >= 11 is 0. The predicted molar refractivity (Wildman–Crippen MR) is 116 cm³/mol. The highest BCUT2D eigenvalue weighted by Gasteiger charge is 2.27. The van der Waals surface area contributed by atoms with Gasteiger partial charge in [-0.2, -0.15) is 0 Å². The molecule has 2 rings (SSSR count). The number of aliphatic carboxylic acids is 1. The number of hydrogen-bond acceptors (Lipinski definition) is 3. The monoisotopic (exact) mass is 395 g/mol. The van der Waals surface area contributed by atoms with Crippen LogP contribution in [0.4, 0.5) is 5.69 Å². The first-order valence-electron chi connectivity index (χ1n) is 9.70. The molecule has 0 atom stereocenters. The van der Waals surface area contributed by atoms with Gasteiger partial charge in [-0.15, -0.1) is 0 Å². The van der Waals surface area contributed by atoms with E-state index in [1.165, 1.54) is 6.08 Å². The van der Waals surface area contributed by atoms with Gasteiger partial charge in [0.05, 0.1) is 6.61 Å². The molecule has 0 aliphatic heterocycles. The molecule has 0 radical (unpaired) electrons. The van der Waals surface area contributed by atoms with Gasteiger partial charge in [0.15, 0.2) is 0 Å². The van der Waals surface area contributed by atoms with Crippen molar-refractivity contribution in [2.45, 2.75) is 40.5 Å². The number of carbonyl (C=O) groups is 2. The number of amides is 1. The van der Waals surface area contributed by atoms with E-state index < -0.39 is 11.4 Å². The number of benzene rings is 2. The van der Waals surface area contributed by atoms with Gasteiger partial charge in [0.2, 0.25) is 5.91 Å². The van der Waals surface area contributed by atoms with Crippen molar-refractivity contribution in [1.29, 1.82) is 0 Å². The number of hydrogen-bond donors (Lipinski definition) is 2. The van der Waals surface area contributed by atoms with Crippen LogP contribution in [0.3, 0.4) is 0 Å². The minimum atomic E-state index is -0.995. The molecule has 29 heavy (non-hydrogen) atoms. The van der Waals surface area contributed by atoms with Gasteiger partial charge in [-0.25, -0.2) is 4.79 Å². The standard InChI is InChI=1S/C24H29NO4/c1-17-6-7-18(2)21(16-17)29-15-5-14-24(3,4)23(28)25-20-11-8-19(9-12-20)10-13-22(26)27/h6-13,16H,5,14-15H2,1-4H3,(H,25,28)(H,26,27)/b13-10+. The molecule has 1 amide bonds. The molecule has 5 nitrogen and oxygen atoms in total. The van der Waals surface area contributed by atoms with Crippen molar-refractivity contribution in [3.05, 3.63) is 65.2 Å². The first kappa shape index (κ1) is 22.2. The lowest BCUT2D eigenvalue weighted by atomic mass is 9.87. The normalized spacial score (nSPS) is 11.4. The Bertz CT molecular complexity index is 882. The van der Waals surface area contributed by atoms with Gasteiger partial charge in [0.1, 0.15) is 5.75 Å². The van der Waals surface area contributed by atoms with Crippen LogP contribution in [0.1, 0.15) is 43.4 Å². The second-order valence-electron chi connectivity index (χ2n) is 7.85. The van der Waals surface area contributed by atoms with Crippen LogP contribution in [-0.2, 0) is 9.59 Å².